The number of rotatable bonds is 4. The molecule has 3 amide bonds. The number of β-amino-alcohol motifs (C(OH)–C–C–N with tert-alkyl or cyclic N) is 1. The van der Waals surface area contributed by atoms with E-state index in [9.17, 15) is 19.5 Å². The molecule has 0 aliphatic carbocycles. The summed E-state index contributed by atoms with van der Waals surface area (Å²) in [6, 6.07) is -1.55. The summed E-state index contributed by atoms with van der Waals surface area (Å²) in [6.45, 7) is 1.72. The van der Waals surface area contributed by atoms with Gasteiger partial charge in [0.15, 0.2) is 0 Å². The van der Waals surface area contributed by atoms with Crippen molar-refractivity contribution in [2.45, 2.75) is 37.8 Å². The zero-order valence-corrected chi connectivity index (χ0v) is 11.8. The van der Waals surface area contributed by atoms with Crippen LogP contribution in [0.5, 0.6) is 0 Å². The molecule has 2 saturated heterocycles. The van der Waals surface area contributed by atoms with Crippen LogP contribution >= 0.6 is 0 Å². The molecule has 0 radical (unpaired) electrons. The molecule has 0 saturated carbocycles. The van der Waals surface area contributed by atoms with E-state index in [4.69, 9.17) is 5.11 Å². The molecule has 0 bridgehead atoms. The Bertz CT molecular complexity index is 422. The number of carbonyl (C=O) groups excluding carboxylic acids is 2. The molecule has 0 spiro atoms. The van der Waals surface area contributed by atoms with Crippen molar-refractivity contribution in [1.29, 1.82) is 0 Å². The lowest BCUT2D eigenvalue weighted by atomic mass is 10.2. The van der Waals surface area contributed by atoms with E-state index in [1.165, 1.54) is 0 Å². The van der Waals surface area contributed by atoms with Crippen LogP contribution in [0.1, 0.15) is 25.7 Å². The van der Waals surface area contributed by atoms with Crippen molar-refractivity contribution in [2.75, 3.05) is 26.2 Å². The first-order valence-electron chi connectivity index (χ1n) is 7.22. The van der Waals surface area contributed by atoms with Gasteiger partial charge in [-0.15, -0.1) is 0 Å². The molecular formula is C13H21N3O5. The third-order valence-corrected chi connectivity index (χ3v) is 3.90. The van der Waals surface area contributed by atoms with Crippen LogP contribution in [0.4, 0.5) is 4.79 Å². The minimum atomic E-state index is -1.13. The Morgan fingerprint density at radius 1 is 1.19 bits per heavy atom. The van der Waals surface area contributed by atoms with E-state index in [0.717, 1.165) is 30.8 Å². The smallest absolute Gasteiger partial charge is 0.326 e. The molecule has 3 N–H and O–H groups in total. The molecule has 0 aromatic rings. The Morgan fingerprint density at radius 2 is 1.86 bits per heavy atom. The zero-order valence-electron chi connectivity index (χ0n) is 11.8. The van der Waals surface area contributed by atoms with Crippen LogP contribution in [0.2, 0.25) is 0 Å². The van der Waals surface area contributed by atoms with Gasteiger partial charge in [-0.1, -0.05) is 0 Å². The monoisotopic (exact) mass is 299 g/mol. The van der Waals surface area contributed by atoms with Gasteiger partial charge in [-0.05, 0) is 12.8 Å². The Labute approximate surface area is 122 Å². The number of carboxylic acid groups (broad SMARTS) is 1. The van der Waals surface area contributed by atoms with E-state index < -0.39 is 24.1 Å². The number of aliphatic hydroxyl groups is 1. The number of amides is 3. The summed E-state index contributed by atoms with van der Waals surface area (Å²) in [5.41, 5.74) is 0. The van der Waals surface area contributed by atoms with Crippen LogP contribution in [-0.2, 0) is 9.59 Å². The number of aliphatic hydroxyl groups excluding tert-OH is 1. The van der Waals surface area contributed by atoms with Crippen LogP contribution in [-0.4, -0.2) is 76.2 Å². The number of carboxylic acids is 1. The first kappa shape index (κ1) is 15.6. The van der Waals surface area contributed by atoms with Crippen molar-refractivity contribution in [1.82, 2.24) is 15.1 Å². The summed E-state index contributed by atoms with van der Waals surface area (Å²) in [4.78, 5) is 37.6. The maximum Gasteiger partial charge on any atom is 0.326 e. The highest BCUT2D eigenvalue weighted by molar-refractivity contribution is 5.84. The number of nitrogens with one attached hydrogen (secondary N) is 1. The average Bonchev–Trinajstić information content (AvgIpc) is 3.07. The normalized spacial score (nSPS) is 25.2. The fourth-order valence-electron chi connectivity index (χ4n) is 2.77. The van der Waals surface area contributed by atoms with Gasteiger partial charge in [0.1, 0.15) is 6.04 Å². The molecule has 2 rings (SSSR count). The number of nitrogens with zero attached hydrogens (tertiary/aromatic N) is 2. The molecule has 0 aromatic heterocycles. The highest BCUT2D eigenvalue weighted by atomic mass is 16.4. The molecular weight excluding hydrogens is 278 g/mol. The van der Waals surface area contributed by atoms with Gasteiger partial charge in [0.05, 0.1) is 6.10 Å². The first-order valence-corrected chi connectivity index (χ1v) is 7.22. The van der Waals surface area contributed by atoms with E-state index >= 15 is 0 Å². The molecule has 118 valence electrons. The first-order chi connectivity index (χ1) is 9.99. The van der Waals surface area contributed by atoms with Gasteiger partial charge in [-0.25, -0.2) is 9.59 Å². The number of hydrogen-bond donors (Lipinski definition) is 3. The van der Waals surface area contributed by atoms with Crippen LogP contribution in [0, 0.1) is 0 Å². The van der Waals surface area contributed by atoms with Gasteiger partial charge in [-0.2, -0.15) is 0 Å². The number of hydrogen-bond acceptors (Lipinski definition) is 4. The lowest BCUT2D eigenvalue weighted by Crippen LogP contribution is -2.47. The summed E-state index contributed by atoms with van der Waals surface area (Å²) in [5, 5.41) is 21.0. The Morgan fingerprint density at radius 3 is 2.48 bits per heavy atom. The second-order valence-corrected chi connectivity index (χ2v) is 5.47. The predicted molar refractivity (Wildman–Crippen MR) is 72.6 cm³/mol. The van der Waals surface area contributed by atoms with Crippen molar-refractivity contribution < 1.29 is 24.6 Å². The van der Waals surface area contributed by atoms with E-state index in [2.05, 4.69) is 5.32 Å². The maximum absolute atomic E-state index is 11.9. The highest BCUT2D eigenvalue weighted by Gasteiger charge is 2.38. The van der Waals surface area contributed by atoms with Crippen molar-refractivity contribution in [3.05, 3.63) is 0 Å². The second kappa shape index (κ2) is 6.75. The lowest BCUT2D eigenvalue weighted by molar-refractivity contribution is -0.141. The third-order valence-electron chi connectivity index (χ3n) is 3.90. The van der Waals surface area contributed by atoms with Crippen LogP contribution in [0.3, 0.4) is 0 Å². The number of carbonyl (C=O) groups is 3. The summed E-state index contributed by atoms with van der Waals surface area (Å²) in [5.74, 6) is -1.13. The Kier molecular flexibility index (Phi) is 5.00. The number of urea groups is 1. The minimum Gasteiger partial charge on any atom is -0.480 e. The van der Waals surface area contributed by atoms with Crippen LogP contribution < -0.4 is 5.32 Å². The standard InChI is InChI=1S/C13H21N3O5/c17-9-7-10(12(19)20)16(8-9)13(21)14-4-3-11(18)15-5-1-2-6-15/h9-10,17H,1-8H2,(H,14,21)(H,19,20). The fourth-order valence-corrected chi connectivity index (χ4v) is 2.77. The van der Waals surface area contributed by atoms with Crippen molar-refractivity contribution in [3.8, 4) is 0 Å². The second-order valence-electron chi connectivity index (χ2n) is 5.47. The molecule has 2 aliphatic heterocycles. The molecule has 8 nitrogen and oxygen atoms in total. The highest BCUT2D eigenvalue weighted by Crippen LogP contribution is 2.18. The van der Waals surface area contributed by atoms with Gasteiger partial charge in [0.25, 0.3) is 0 Å². The molecule has 2 fully saturated rings. The quantitative estimate of drug-likeness (QED) is 0.631. The van der Waals surface area contributed by atoms with Crippen molar-refractivity contribution in [2.24, 2.45) is 0 Å². The predicted octanol–water partition coefficient (Wildman–Crippen LogP) is -0.772. The summed E-state index contributed by atoms with van der Waals surface area (Å²) >= 11 is 0. The lowest BCUT2D eigenvalue weighted by Gasteiger charge is -2.22. The summed E-state index contributed by atoms with van der Waals surface area (Å²) in [6.07, 6.45) is 1.46. The zero-order chi connectivity index (χ0) is 15.4. The summed E-state index contributed by atoms with van der Waals surface area (Å²) < 4.78 is 0. The molecule has 2 unspecified atom stereocenters. The van der Waals surface area contributed by atoms with Gasteiger partial charge < -0.3 is 25.3 Å². The number of aliphatic carboxylic acids is 1. The molecule has 8 heteroatoms. The van der Waals surface area contributed by atoms with E-state index in [0.29, 0.717) is 0 Å². The van der Waals surface area contributed by atoms with Crippen molar-refractivity contribution >= 4 is 17.9 Å². The van der Waals surface area contributed by atoms with E-state index in [-0.39, 0.29) is 31.8 Å². The van der Waals surface area contributed by atoms with Crippen LogP contribution in [0.15, 0.2) is 0 Å². The van der Waals surface area contributed by atoms with Crippen LogP contribution in [0.25, 0.3) is 0 Å². The SMILES string of the molecule is O=C(O)C1CC(O)CN1C(=O)NCCC(=O)N1CCCC1. The maximum atomic E-state index is 11.9. The minimum absolute atomic E-state index is 0.00285. The largest absolute Gasteiger partial charge is 0.480 e. The third kappa shape index (κ3) is 3.84. The topological polar surface area (TPSA) is 110 Å². The molecule has 2 aliphatic rings. The van der Waals surface area contributed by atoms with Gasteiger partial charge in [0.2, 0.25) is 5.91 Å². The van der Waals surface area contributed by atoms with E-state index in [1.54, 1.807) is 4.90 Å². The van der Waals surface area contributed by atoms with Gasteiger partial charge in [0, 0.05) is 39.0 Å². The molecule has 21 heavy (non-hydrogen) atoms. The van der Waals surface area contributed by atoms with E-state index in [1.807, 2.05) is 0 Å². The molecule has 0 aromatic carbocycles. The Hall–Kier alpha value is -1.83. The van der Waals surface area contributed by atoms with Gasteiger partial charge in [-0.3, -0.25) is 4.79 Å². The summed E-state index contributed by atoms with van der Waals surface area (Å²) in [7, 11) is 0. The number of likely N-dealkylation sites (tertiary alicyclic amines) is 2. The Balaban J connectivity index is 1.76. The molecule has 2 atom stereocenters. The van der Waals surface area contributed by atoms with Crippen molar-refractivity contribution in [3.63, 3.8) is 0 Å². The fraction of sp³-hybridized carbons (Fsp3) is 0.769. The average molecular weight is 299 g/mol. The molecule has 2 heterocycles. The van der Waals surface area contributed by atoms with Gasteiger partial charge >= 0.3 is 12.0 Å².